The van der Waals surface area contributed by atoms with Crippen LogP contribution in [0.15, 0.2) is 36.1 Å². The molecule has 0 unspecified atom stereocenters. The predicted molar refractivity (Wildman–Crippen MR) is 66.8 cm³/mol. The normalized spacial score (nSPS) is 15.4. The van der Waals surface area contributed by atoms with Crippen LogP contribution in [0.1, 0.15) is 23.2 Å². The zero-order chi connectivity index (χ0) is 10.7. The number of hydrogen-bond acceptors (Lipinski definition) is 2. The van der Waals surface area contributed by atoms with Crippen LogP contribution >= 0.6 is 22.6 Å². The van der Waals surface area contributed by atoms with Gasteiger partial charge in [0, 0.05) is 9.13 Å². The molecule has 0 bridgehead atoms. The molecule has 0 aliphatic carbocycles. The van der Waals surface area contributed by atoms with Gasteiger partial charge in [-0.3, -0.25) is 4.79 Å². The first-order valence-electron chi connectivity index (χ1n) is 4.91. The number of Topliss-reactive ketones (excluding diaryl/α,β-unsaturated/α-hetero) is 1. The average molecular weight is 314 g/mol. The van der Waals surface area contributed by atoms with E-state index in [1.54, 1.807) is 0 Å². The van der Waals surface area contributed by atoms with Gasteiger partial charge in [-0.2, -0.15) is 0 Å². The minimum Gasteiger partial charge on any atom is -0.490 e. The molecule has 15 heavy (non-hydrogen) atoms. The minimum atomic E-state index is -0.000278. The van der Waals surface area contributed by atoms with Gasteiger partial charge in [0.05, 0.1) is 6.61 Å². The van der Waals surface area contributed by atoms with E-state index < -0.39 is 0 Å². The summed E-state index contributed by atoms with van der Waals surface area (Å²) in [5.74, 6) is 0.505. The number of carbonyl (C=O) groups is 1. The first-order valence-corrected chi connectivity index (χ1v) is 5.99. The standard InChI is InChI=1S/C12H11IO2/c13-10-6-2-1-5-9(10)12(14)11-7-3-4-8-15-11/h1-2,5-7H,3-4,8H2. The molecule has 1 heterocycles. The fraction of sp³-hybridized carbons (Fsp3) is 0.250. The first kappa shape index (κ1) is 10.7. The maximum absolute atomic E-state index is 12.0. The Bertz CT molecular complexity index is 410. The van der Waals surface area contributed by atoms with Gasteiger partial charge in [-0.25, -0.2) is 0 Å². The summed E-state index contributed by atoms with van der Waals surface area (Å²) in [7, 11) is 0. The first-order chi connectivity index (χ1) is 7.29. The summed E-state index contributed by atoms with van der Waals surface area (Å²) in [6, 6.07) is 7.56. The Morgan fingerprint density at radius 1 is 1.33 bits per heavy atom. The van der Waals surface area contributed by atoms with E-state index in [2.05, 4.69) is 22.6 Å². The van der Waals surface area contributed by atoms with Gasteiger partial charge in [0.1, 0.15) is 0 Å². The molecule has 2 rings (SSSR count). The Morgan fingerprint density at radius 2 is 2.13 bits per heavy atom. The summed E-state index contributed by atoms with van der Waals surface area (Å²) >= 11 is 2.17. The third kappa shape index (κ3) is 2.40. The molecule has 78 valence electrons. The quantitative estimate of drug-likeness (QED) is 0.619. The number of benzene rings is 1. The second-order valence-electron chi connectivity index (χ2n) is 3.37. The number of rotatable bonds is 2. The summed E-state index contributed by atoms with van der Waals surface area (Å²) in [6.45, 7) is 0.654. The van der Waals surface area contributed by atoms with Crippen LogP contribution in [0.3, 0.4) is 0 Å². The highest BCUT2D eigenvalue weighted by molar-refractivity contribution is 14.1. The highest BCUT2D eigenvalue weighted by atomic mass is 127. The lowest BCUT2D eigenvalue weighted by Gasteiger charge is -2.14. The highest BCUT2D eigenvalue weighted by Crippen LogP contribution is 2.19. The lowest BCUT2D eigenvalue weighted by atomic mass is 10.1. The van der Waals surface area contributed by atoms with Crippen LogP contribution in [-0.2, 0) is 4.74 Å². The fourth-order valence-corrected chi connectivity index (χ4v) is 2.13. The highest BCUT2D eigenvalue weighted by Gasteiger charge is 2.17. The third-order valence-electron chi connectivity index (χ3n) is 2.28. The molecule has 0 spiro atoms. The molecule has 0 saturated heterocycles. The van der Waals surface area contributed by atoms with E-state index in [1.165, 1.54) is 0 Å². The molecule has 0 aromatic heterocycles. The topological polar surface area (TPSA) is 26.3 Å². The van der Waals surface area contributed by atoms with Gasteiger partial charge in [-0.05, 0) is 53.6 Å². The predicted octanol–water partition coefficient (Wildman–Crippen LogP) is 3.17. The number of ketones is 1. The van der Waals surface area contributed by atoms with Crippen molar-refractivity contribution in [1.82, 2.24) is 0 Å². The van der Waals surface area contributed by atoms with Crippen LogP contribution in [0.2, 0.25) is 0 Å². The van der Waals surface area contributed by atoms with Gasteiger partial charge < -0.3 is 4.74 Å². The molecule has 1 aromatic carbocycles. The van der Waals surface area contributed by atoms with Crippen molar-refractivity contribution in [3.63, 3.8) is 0 Å². The van der Waals surface area contributed by atoms with Gasteiger partial charge in [0.2, 0.25) is 5.78 Å². The summed E-state index contributed by atoms with van der Waals surface area (Å²) in [6.07, 6.45) is 3.82. The maximum atomic E-state index is 12.0. The van der Waals surface area contributed by atoms with Crippen molar-refractivity contribution in [1.29, 1.82) is 0 Å². The van der Waals surface area contributed by atoms with Gasteiger partial charge in [0.25, 0.3) is 0 Å². The Hall–Kier alpha value is -0.840. The van der Waals surface area contributed by atoms with Crippen molar-refractivity contribution < 1.29 is 9.53 Å². The molecule has 0 fully saturated rings. The van der Waals surface area contributed by atoms with Crippen molar-refractivity contribution in [2.24, 2.45) is 0 Å². The Kier molecular flexibility index (Phi) is 3.41. The molecule has 1 aromatic rings. The Labute approximate surface area is 102 Å². The van der Waals surface area contributed by atoms with Gasteiger partial charge in [-0.15, -0.1) is 0 Å². The Balaban J connectivity index is 2.28. The van der Waals surface area contributed by atoms with E-state index in [0.717, 1.165) is 22.0 Å². The van der Waals surface area contributed by atoms with E-state index in [-0.39, 0.29) is 5.78 Å². The summed E-state index contributed by atoms with van der Waals surface area (Å²) < 4.78 is 6.33. The summed E-state index contributed by atoms with van der Waals surface area (Å²) in [5.41, 5.74) is 0.728. The van der Waals surface area contributed by atoms with E-state index in [9.17, 15) is 4.79 Å². The van der Waals surface area contributed by atoms with Crippen LogP contribution in [0.4, 0.5) is 0 Å². The molecule has 1 aliphatic rings. The molecule has 0 N–H and O–H groups in total. The van der Waals surface area contributed by atoms with Crippen molar-refractivity contribution >= 4 is 28.4 Å². The van der Waals surface area contributed by atoms with Crippen molar-refractivity contribution in [3.8, 4) is 0 Å². The molecule has 0 saturated carbocycles. The minimum absolute atomic E-state index is 0.000278. The van der Waals surface area contributed by atoms with Gasteiger partial charge in [-0.1, -0.05) is 12.1 Å². The van der Waals surface area contributed by atoms with Crippen molar-refractivity contribution in [2.75, 3.05) is 6.61 Å². The van der Waals surface area contributed by atoms with E-state index in [4.69, 9.17) is 4.74 Å². The molecular weight excluding hydrogens is 303 g/mol. The zero-order valence-corrected chi connectivity index (χ0v) is 10.4. The molecule has 0 radical (unpaired) electrons. The largest absolute Gasteiger partial charge is 0.490 e. The van der Waals surface area contributed by atoms with Crippen molar-refractivity contribution in [3.05, 3.63) is 45.2 Å². The molecule has 0 amide bonds. The molecule has 2 nitrogen and oxygen atoms in total. The molecule has 3 heteroatoms. The zero-order valence-electron chi connectivity index (χ0n) is 8.20. The number of halogens is 1. The second-order valence-corrected chi connectivity index (χ2v) is 4.53. The van der Waals surface area contributed by atoms with Gasteiger partial charge in [0.15, 0.2) is 5.76 Å². The number of carbonyl (C=O) groups excluding carboxylic acids is 1. The van der Waals surface area contributed by atoms with Crippen LogP contribution in [0.5, 0.6) is 0 Å². The fourth-order valence-electron chi connectivity index (χ4n) is 1.49. The summed E-state index contributed by atoms with van der Waals surface area (Å²) in [4.78, 5) is 12.0. The SMILES string of the molecule is O=C(C1=CCCCO1)c1ccccc1I. The smallest absolute Gasteiger partial charge is 0.228 e. The van der Waals surface area contributed by atoms with E-state index in [1.807, 2.05) is 30.3 Å². The van der Waals surface area contributed by atoms with E-state index >= 15 is 0 Å². The van der Waals surface area contributed by atoms with Crippen molar-refractivity contribution in [2.45, 2.75) is 12.8 Å². The Morgan fingerprint density at radius 3 is 2.80 bits per heavy atom. The average Bonchev–Trinajstić information content (AvgIpc) is 2.30. The van der Waals surface area contributed by atoms with Gasteiger partial charge >= 0.3 is 0 Å². The van der Waals surface area contributed by atoms with Crippen LogP contribution < -0.4 is 0 Å². The van der Waals surface area contributed by atoms with Crippen LogP contribution in [0, 0.1) is 3.57 Å². The maximum Gasteiger partial charge on any atom is 0.228 e. The monoisotopic (exact) mass is 314 g/mol. The second kappa shape index (κ2) is 4.79. The molecule has 1 aliphatic heterocycles. The molecule has 0 atom stereocenters. The molecular formula is C12H11IO2. The third-order valence-corrected chi connectivity index (χ3v) is 3.22. The van der Waals surface area contributed by atoms with Crippen LogP contribution in [-0.4, -0.2) is 12.4 Å². The lowest BCUT2D eigenvalue weighted by Crippen LogP contribution is -2.12. The van der Waals surface area contributed by atoms with E-state index in [0.29, 0.717) is 12.4 Å². The summed E-state index contributed by atoms with van der Waals surface area (Å²) in [5, 5.41) is 0. The number of hydrogen-bond donors (Lipinski definition) is 0. The number of allylic oxidation sites excluding steroid dienone is 2. The number of ether oxygens (including phenoxy) is 1. The van der Waals surface area contributed by atoms with Crippen LogP contribution in [0.25, 0.3) is 0 Å². The lowest BCUT2D eigenvalue weighted by molar-refractivity contribution is 0.0898.